The van der Waals surface area contributed by atoms with Gasteiger partial charge in [-0.2, -0.15) is 0 Å². The molecule has 19 heteroatoms. The summed E-state index contributed by atoms with van der Waals surface area (Å²) >= 11 is 41.8. The van der Waals surface area contributed by atoms with E-state index in [1.165, 1.54) is 0 Å². The first-order valence-corrected chi connectivity index (χ1v) is 13.8. The minimum Gasteiger partial charge on any atom is -0.463 e. The van der Waals surface area contributed by atoms with Crippen LogP contribution in [0.5, 0.6) is 0 Å². The van der Waals surface area contributed by atoms with E-state index in [0.29, 0.717) is 4.90 Å². The molecular formula is C22H17Cl7N2O10. The zero-order valence-electron chi connectivity index (χ0n) is 20.8. The number of nitrogens with one attached hydrogen (secondary N) is 1. The highest BCUT2D eigenvalue weighted by Crippen LogP contribution is 2.46. The van der Waals surface area contributed by atoms with Crippen molar-refractivity contribution >= 4 is 117 Å². The summed E-state index contributed by atoms with van der Waals surface area (Å²) in [5, 5.41) is 0.680. The molecule has 0 bridgehead atoms. The van der Waals surface area contributed by atoms with Crippen molar-refractivity contribution in [3.05, 3.63) is 31.2 Å². The Morgan fingerprint density at radius 1 is 0.805 bits per heavy atom. The fourth-order valence-corrected chi connectivity index (χ4v) is 5.35. The zero-order valence-corrected chi connectivity index (χ0v) is 26.1. The average Bonchev–Trinajstić information content (AvgIpc) is 3.10. The molecular weight excluding hydrogens is 700 g/mol. The molecule has 1 fully saturated rings. The summed E-state index contributed by atoms with van der Waals surface area (Å²) in [6.45, 7) is 2.44. The second-order valence-electron chi connectivity index (χ2n) is 8.49. The molecule has 0 aliphatic carbocycles. The third kappa shape index (κ3) is 6.91. The third-order valence-corrected chi connectivity index (χ3v) is 7.99. The fraction of sp³-hybridized carbons (Fsp3) is 0.455. The number of imide groups is 1. The van der Waals surface area contributed by atoms with Crippen LogP contribution < -0.4 is 5.32 Å². The van der Waals surface area contributed by atoms with E-state index in [1.807, 2.05) is 0 Å². The summed E-state index contributed by atoms with van der Waals surface area (Å²) in [5.74, 6) is -6.23. The lowest BCUT2D eigenvalue weighted by Crippen LogP contribution is -2.71. The first-order valence-electron chi connectivity index (χ1n) is 11.1. The Labute approximate surface area is 266 Å². The topological polar surface area (TPSA) is 155 Å². The number of esters is 3. The molecule has 0 spiro atoms. The summed E-state index contributed by atoms with van der Waals surface area (Å²) < 4.78 is 19.0. The van der Waals surface area contributed by atoms with Gasteiger partial charge in [0.1, 0.15) is 18.8 Å². The Kier molecular flexibility index (Phi) is 10.6. The number of alkyl halides is 3. The van der Waals surface area contributed by atoms with Crippen molar-refractivity contribution in [2.75, 3.05) is 6.61 Å². The van der Waals surface area contributed by atoms with Crippen molar-refractivity contribution in [3.63, 3.8) is 0 Å². The van der Waals surface area contributed by atoms with Gasteiger partial charge in [-0.1, -0.05) is 81.2 Å². The Morgan fingerprint density at radius 2 is 1.27 bits per heavy atom. The van der Waals surface area contributed by atoms with E-state index < -0.39 is 97.8 Å². The average molecular weight is 718 g/mol. The standard InChI is InChI=1S/C22H17Cl7N2O10/c1-5(32)38-4-8-16(39-6(2)33)17(40-7(3)34)15(18(41-8)30-21(37)22(27,28)29)31-19(35)9-10(20(31)36)12(24)14(26)13(25)11(9)23/h8,15-18H,4H2,1-3H3,(H,30,37)/t8-,15-,16-,17-,18-/m1/s1. The predicted molar refractivity (Wildman–Crippen MR) is 146 cm³/mol. The van der Waals surface area contributed by atoms with E-state index in [4.69, 9.17) is 100 Å². The predicted octanol–water partition coefficient (Wildman–Crippen LogP) is 3.90. The second-order valence-corrected chi connectivity index (χ2v) is 12.3. The Balaban J connectivity index is 2.25. The molecule has 2 heterocycles. The molecule has 41 heavy (non-hydrogen) atoms. The van der Waals surface area contributed by atoms with E-state index in [0.717, 1.165) is 20.8 Å². The number of hydrogen-bond acceptors (Lipinski definition) is 10. The fourth-order valence-electron chi connectivity index (χ4n) is 4.17. The Hall–Kier alpha value is -1.77. The van der Waals surface area contributed by atoms with E-state index in [1.54, 1.807) is 0 Å². The minimum atomic E-state index is -2.58. The maximum atomic E-state index is 13.7. The quantitative estimate of drug-likeness (QED) is 0.114. The number of rotatable bonds is 6. The molecule has 2 aliphatic heterocycles. The number of fused-ring (bicyclic) bond motifs is 1. The van der Waals surface area contributed by atoms with Gasteiger partial charge in [-0.15, -0.1) is 0 Å². The molecule has 0 aromatic heterocycles. The second kappa shape index (κ2) is 12.8. The SMILES string of the molecule is CC(=O)OC[C@H]1O[C@@H](NC(=O)C(Cl)(Cl)Cl)[C@H](N2C(=O)c3c(Cl)c(Cl)c(Cl)c(Cl)c3C2=O)[C@@H](OC(C)=O)[C@@H]1OC(C)=O. The first-order chi connectivity index (χ1) is 18.9. The number of ether oxygens (including phenoxy) is 4. The monoisotopic (exact) mass is 714 g/mol. The van der Waals surface area contributed by atoms with Crippen LogP contribution in [-0.4, -0.2) is 81.5 Å². The number of carbonyl (C=O) groups excluding carboxylic acids is 6. The van der Waals surface area contributed by atoms with Gasteiger partial charge < -0.3 is 24.3 Å². The van der Waals surface area contributed by atoms with Gasteiger partial charge in [-0.3, -0.25) is 33.7 Å². The van der Waals surface area contributed by atoms with Gasteiger partial charge in [0.2, 0.25) is 0 Å². The molecule has 2 aliphatic rings. The molecule has 0 unspecified atom stereocenters. The van der Waals surface area contributed by atoms with Crippen molar-refractivity contribution in [1.29, 1.82) is 0 Å². The molecule has 3 rings (SSSR count). The van der Waals surface area contributed by atoms with Gasteiger partial charge in [0, 0.05) is 20.8 Å². The highest BCUT2D eigenvalue weighted by atomic mass is 35.6. The van der Waals surface area contributed by atoms with Crippen molar-refractivity contribution < 1.29 is 47.7 Å². The van der Waals surface area contributed by atoms with E-state index in [-0.39, 0.29) is 10.0 Å². The van der Waals surface area contributed by atoms with Crippen LogP contribution in [0.25, 0.3) is 0 Å². The molecule has 5 atom stereocenters. The van der Waals surface area contributed by atoms with Crippen LogP contribution in [0.2, 0.25) is 20.1 Å². The van der Waals surface area contributed by atoms with Crippen LogP contribution >= 0.6 is 81.2 Å². The number of nitrogens with zero attached hydrogens (tertiary/aromatic N) is 1. The Bertz CT molecular complexity index is 1290. The number of halogens is 7. The molecule has 224 valence electrons. The van der Waals surface area contributed by atoms with Crippen LogP contribution in [0.4, 0.5) is 0 Å². The molecule has 12 nitrogen and oxygen atoms in total. The number of carbonyl (C=O) groups is 6. The van der Waals surface area contributed by atoms with Crippen LogP contribution in [0.3, 0.4) is 0 Å². The maximum absolute atomic E-state index is 13.7. The molecule has 1 aromatic rings. The summed E-state index contributed by atoms with van der Waals surface area (Å²) in [5.41, 5.74) is -0.926. The molecule has 0 saturated carbocycles. The van der Waals surface area contributed by atoms with Gasteiger partial charge in [0.15, 0.2) is 18.4 Å². The highest BCUT2D eigenvalue weighted by molar-refractivity contribution is 6.76. The van der Waals surface area contributed by atoms with Crippen LogP contribution in [0.15, 0.2) is 0 Å². The lowest BCUT2D eigenvalue weighted by Gasteiger charge is -2.47. The smallest absolute Gasteiger partial charge is 0.303 e. The highest BCUT2D eigenvalue weighted by Gasteiger charge is 2.58. The summed E-state index contributed by atoms with van der Waals surface area (Å²) in [7, 11) is 0. The first kappa shape index (κ1) is 33.7. The van der Waals surface area contributed by atoms with Crippen molar-refractivity contribution in [1.82, 2.24) is 10.2 Å². The minimum absolute atomic E-state index is 0.336. The molecule has 1 saturated heterocycles. The van der Waals surface area contributed by atoms with Crippen molar-refractivity contribution in [3.8, 4) is 0 Å². The normalized spacial score (nSPS) is 24.0. The lowest BCUT2D eigenvalue weighted by atomic mass is 9.93. The van der Waals surface area contributed by atoms with Gasteiger partial charge >= 0.3 is 17.9 Å². The van der Waals surface area contributed by atoms with Gasteiger partial charge in [-0.05, 0) is 0 Å². The molecule has 1 N–H and O–H groups in total. The van der Waals surface area contributed by atoms with Crippen molar-refractivity contribution in [2.45, 2.75) is 55.1 Å². The number of benzene rings is 1. The Morgan fingerprint density at radius 3 is 1.68 bits per heavy atom. The van der Waals surface area contributed by atoms with Gasteiger partial charge in [0.25, 0.3) is 21.5 Å². The number of hydrogen-bond donors (Lipinski definition) is 1. The van der Waals surface area contributed by atoms with Crippen LogP contribution in [-0.2, 0) is 38.1 Å². The van der Waals surface area contributed by atoms with E-state index in [9.17, 15) is 28.8 Å². The summed E-state index contributed by atoms with van der Waals surface area (Å²) in [6.07, 6.45) is -6.67. The molecule has 0 radical (unpaired) electrons. The van der Waals surface area contributed by atoms with Gasteiger partial charge in [-0.25, -0.2) is 0 Å². The third-order valence-electron chi connectivity index (χ3n) is 5.67. The summed E-state index contributed by atoms with van der Waals surface area (Å²) in [6, 6.07) is -1.83. The lowest BCUT2D eigenvalue weighted by molar-refractivity contribution is -0.234. The van der Waals surface area contributed by atoms with Crippen LogP contribution in [0.1, 0.15) is 41.5 Å². The zero-order chi connectivity index (χ0) is 31.1. The van der Waals surface area contributed by atoms with Gasteiger partial charge in [0.05, 0.1) is 31.2 Å². The molecule has 1 aromatic carbocycles. The van der Waals surface area contributed by atoms with Crippen molar-refractivity contribution in [2.24, 2.45) is 0 Å². The number of amides is 3. The van der Waals surface area contributed by atoms with E-state index in [2.05, 4.69) is 5.32 Å². The largest absolute Gasteiger partial charge is 0.463 e. The molecule has 3 amide bonds. The van der Waals surface area contributed by atoms with Crippen LogP contribution in [0, 0.1) is 0 Å². The summed E-state index contributed by atoms with van der Waals surface area (Å²) in [4.78, 5) is 76.5. The van der Waals surface area contributed by atoms with E-state index >= 15 is 0 Å². The maximum Gasteiger partial charge on any atom is 0.303 e.